The van der Waals surface area contributed by atoms with Crippen LogP contribution in [0.4, 0.5) is 0 Å². The lowest BCUT2D eigenvalue weighted by atomic mass is 9.80. The van der Waals surface area contributed by atoms with E-state index in [9.17, 15) is 0 Å². The van der Waals surface area contributed by atoms with Crippen molar-refractivity contribution in [3.05, 3.63) is 34.4 Å². The lowest BCUT2D eigenvalue weighted by Gasteiger charge is -2.24. The molecule has 1 saturated carbocycles. The summed E-state index contributed by atoms with van der Waals surface area (Å²) in [6.07, 6.45) is 6.44. The van der Waals surface area contributed by atoms with Gasteiger partial charge in [0.15, 0.2) is 0 Å². The predicted octanol–water partition coefficient (Wildman–Crippen LogP) is 4.21. The molecule has 0 aliphatic heterocycles. The van der Waals surface area contributed by atoms with Crippen LogP contribution in [0.3, 0.4) is 0 Å². The summed E-state index contributed by atoms with van der Waals surface area (Å²) in [5, 5.41) is 1.43. The second-order valence-electron chi connectivity index (χ2n) is 4.48. The van der Waals surface area contributed by atoms with Crippen LogP contribution < -0.4 is 0 Å². The summed E-state index contributed by atoms with van der Waals surface area (Å²) in [6.45, 7) is 0. The molecule has 0 N–H and O–H groups in total. The van der Waals surface area contributed by atoms with Crippen molar-refractivity contribution < 1.29 is 0 Å². The predicted molar refractivity (Wildman–Crippen MR) is 67.2 cm³/mol. The molecule has 0 spiro atoms. The number of benzene rings is 1. The van der Waals surface area contributed by atoms with E-state index in [1.165, 1.54) is 34.6 Å². The standard InChI is InChI=1S/C13H14BrN/c1-15-8-12(9-3-2-4-9)11-7-10(14)5-6-13(11)15/h5-9H,2-4H2,1H3. The quantitative estimate of drug-likeness (QED) is 0.727. The minimum absolute atomic E-state index is 0.808. The van der Waals surface area contributed by atoms with Gasteiger partial charge in [0.2, 0.25) is 0 Å². The Balaban J connectivity index is 2.24. The van der Waals surface area contributed by atoms with E-state index in [2.05, 4.69) is 51.9 Å². The summed E-state index contributed by atoms with van der Waals surface area (Å²) < 4.78 is 3.43. The number of nitrogens with zero attached hydrogens (tertiary/aromatic N) is 1. The Morgan fingerprint density at radius 1 is 1.33 bits per heavy atom. The summed E-state index contributed by atoms with van der Waals surface area (Å²) in [5.41, 5.74) is 2.89. The van der Waals surface area contributed by atoms with Crippen molar-refractivity contribution in [2.75, 3.05) is 0 Å². The number of fused-ring (bicyclic) bond motifs is 1. The Kier molecular flexibility index (Phi) is 2.13. The van der Waals surface area contributed by atoms with Crippen LogP contribution in [0.1, 0.15) is 30.7 Å². The Hall–Kier alpha value is -0.760. The molecule has 2 aromatic rings. The minimum Gasteiger partial charge on any atom is -0.350 e. The highest BCUT2D eigenvalue weighted by atomic mass is 79.9. The summed E-state index contributed by atoms with van der Waals surface area (Å²) in [6, 6.07) is 6.57. The van der Waals surface area contributed by atoms with Gasteiger partial charge in [0.25, 0.3) is 0 Å². The number of hydrogen-bond donors (Lipinski definition) is 0. The third kappa shape index (κ3) is 1.43. The lowest BCUT2D eigenvalue weighted by molar-refractivity contribution is 0.421. The van der Waals surface area contributed by atoms with Gasteiger partial charge in [-0.25, -0.2) is 0 Å². The summed E-state index contributed by atoms with van der Waals surface area (Å²) in [7, 11) is 2.14. The first-order valence-electron chi connectivity index (χ1n) is 5.50. The van der Waals surface area contributed by atoms with Gasteiger partial charge in [-0.1, -0.05) is 22.4 Å². The van der Waals surface area contributed by atoms with Crippen LogP contribution in [0.2, 0.25) is 0 Å². The SMILES string of the molecule is Cn1cc(C2CCC2)c2cc(Br)ccc21. The van der Waals surface area contributed by atoms with E-state index in [1.807, 2.05) is 0 Å². The molecule has 1 fully saturated rings. The van der Waals surface area contributed by atoms with E-state index in [-0.39, 0.29) is 0 Å². The Morgan fingerprint density at radius 2 is 2.13 bits per heavy atom. The Bertz CT molecular complexity index is 508. The van der Waals surface area contributed by atoms with Crippen LogP contribution >= 0.6 is 15.9 Å². The molecule has 0 amide bonds. The molecule has 1 aliphatic carbocycles. The fourth-order valence-electron chi connectivity index (χ4n) is 2.44. The maximum Gasteiger partial charge on any atom is 0.0481 e. The van der Waals surface area contributed by atoms with Crippen molar-refractivity contribution in [2.45, 2.75) is 25.2 Å². The van der Waals surface area contributed by atoms with Gasteiger partial charge < -0.3 is 4.57 Å². The van der Waals surface area contributed by atoms with Crippen molar-refractivity contribution in [3.8, 4) is 0 Å². The number of hydrogen-bond acceptors (Lipinski definition) is 0. The third-order valence-electron chi connectivity index (χ3n) is 3.53. The molecule has 15 heavy (non-hydrogen) atoms. The minimum atomic E-state index is 0.808. The van der Waals surface area contributed by atoms with Gasteiger partial charge >= 0.3 is 0 Å². The molecule has 2 heteroatoms. The number of halogens is 1. The summed E-state index contributed by atoms with van der Waals surface area (Å²) in [4.78, 5) is 0. The van der Waals surface area contributed by atoms with Gasteiger partial charge in [0, 0.05) is 28.6 Å². The van der Waals surface area contributed by atoms with Crippen LogP contribution in [-0.2, 0) is 7.05 Å². The molecule has 0 atom stereocenters. The van der Waals surface area contributed by atoms with E-state index in [4.69, 9.17) is 0 Å². The molecular formula is C13H14BrN. The zero-order valence-corrected chi connectivity index (χ0v) is 10.4. The first-order chi connectivity index (χ1) is 7.25. The Labute approximate surface area is 98.2 Å². The second kappa shape index (κ2) is 3.38. The monoisotopic (exact) mass is 263 g/mol. The topological polar surface area (TPSA) is 4.93 Å². The van der Waals surface area contributed by atoms with Crippen LogP contribution in [0.15, 0.2) is 28.9 Å². The first-order valence-corrected chi connectivity index (χ1v) is 6.29. The van der Waals surface area contributed by atoms with Crippen molar-refractivity contribution >= 4 is 26.8 Å². The fourth-order valence-corrected chi connectivity index (χ4v) is 2.80. The molecular weight excluding hydrogens is 250 g/mol. The average molecular weight is 264 g/mol. The van der Waals surface area contributed by atoms with Crippen LogP contribution in [0.5, 0.6) is 0 Å². The molecule has 1 aromatic heterocycles. The molecule has 1 nitrogen and oxygen atoms in total. The highest BCUT2D eigenvalue weighted by Gasteiger charge is 2.22. The van der Waals surface area contributed by atoms with Gasteiger partial charge in [-0.3, -0.25) is 0 Å². The van der Waals surface area contributed by atoms with E-state index in [0.717, 1.165) is 5.92 Å². The average Bonchev–Trinajstić information content (AvgIpc) is 2.41. The highest BCUT2D eigenvalue weighted by molar-refractivity contribution is 9.10. The maximum atomic E-state index is 3.56. The van der Waals surface area contributed by atoms with E-state index in [1.54, 1.807) is 5.56 Å². The smallest absolute Gasteiger partial charge is 0.0481 e. The third-order valence-corrected chi connectivity index (χ3v) is 4.02. The van der Waals surface area contributed by atoms with Gasteiger partial charge in [0.05, 0.1) is 0 Å². The molecule has 1 heterocycles. The Morgan fingerprint density at radius 3 is 2.80 bits per heavy atom. The van der Waals surface area contributed by atoms with Gasteiger partial charge in [-0.15, -0.1) is 0 Å². The van der Waals surface area contributed by atoms with Crippen molar-refractivity contribution in [3.63, 3.8) is 0 Å². The van der Waals surface area contributed by atoms with E-state index >= 15 is 0 Å². The molecule has 1 aromatic carbocycles. The van der Waals surface area contributed by atoms with Crippen molar-refractivity contribution in [1.82, 2.24) is 4.57 Å². The zero-order chi connectivity index (χ0) is 10.4. The fraction of sp³-hybridized carbons (Fsp3) is 0.385. The largest absolute Gasteiger partial charge is 0.350 e. The molecule has 0 bridgehead atoms. The molecule has 3 rings (SSSR count). The molecule has 0 saturated heterocycles. The summed E-state index contributed by atoms with van der Waals surface area (Å²) >= 11 is 3.56. The van der Waals surface area contributed by atoms with E-state index < -0.39 is 0 Å². The van der Waals surface area contributed by atoms with Gasteiger partial charge in [-0.05, 0) is 42.5 Å². The lowest BCUT2D eigenvalue weighted by Crippen LogP contribution is -2.07. The van der Waals surface area contributed by atoms with Crippen LogP contribution in [0.25, 0.3) is 10.9 Å². The zero-order valence-electron chi connectivity index (χ0n) is 8.83. The van der Waals surface area contributed by atoms with Crippen LogP contribution in [0, 0.1) is 0 Å². The number of aromatic nitrogens is 1. The second-order valence-corrected chi connectivity index (χ2v) is 5.40. The van der Waals surface area contributed by atoms with Crippen molar-refractivity contribution in [1.29, 1.82) is 0 Å². The maximum absolute atomic E-state index is 3.56. The molecule has 1 aliphatic rings. The first kappa shape index (κ1) is 9.46. The molecule has 0 radical (unpaired) electrons. The number of aryl methyl sites for hydroxylation is 1. The molecule has 78 valence electrons. The normalized spacial score (nSPS) is 16.9. The molecule has 0 unspecified atom stereocenters. The van der Waals surface area contributed by atoms with Gasteiger partial charge in [-0.2, -0.15) is 0 Å². The summed E-state index contributed by atoms with van der Waals surface area (Å²) in [5.74, 6) is 0.808. The van der Waals surface area contributed by atoms with Gasteiger partial charge in [0.1, 0.15) is 0 Å². The van der Waals surface area contributed by atoms with E-state index in [0.29, 0.717) is 0 Å². The van der Waals surface area contributed by atoms with Crippen LogP contribution in [-0.4, -0.2) is 4.57 Å². The highest BCUT2D eigenvalue weighted by Crippen LogP contribution is 2.40. The number of rotatable bonds is 1. The van der Waals surface area contributed by atoms with Crippen molar-refractivity contribution in [2.24, 2.45) is 7.05 Å².